The van der Waals surface area contributed by atoms with Gasteiger partial charge in [0.25, 0.3) is 0 Å². The number of phenolic OH excluding ortho intramolecular Hbond substituents is 1. The first kappa shape index (κ1) is 14.1. The van der Waals surface area contributed by atoms with Crippen LogP contribution >= 0.6 is 0 Å². The Morgan fingerprint density at radius 3 is 2.50 bits per heavy atom. The highest BCUT2D eigenvalue weighted by Crippen LogP contribution is 2.40. The van der Waals surface area contributed by atoms with Gasteiger partial charge in [-0.15, -0.1) is 6.42 Å². The third kappa shape index (κ3) is 2.22. The molecule has 0 unspecified atom stereocenters. The van der Waals surface area contributed by atoms with Gasteiger partial charge in [-0.2, -0.15) is 0 Å². The van der Waals surface area contributed by atoms with Gasteiger partial charge in [0.05, 0.1) is 0 Å². The van der Waals surface area contributed by atoms with E-state index in [-0.39, 0.29) is 11.2 Å². The lowest BCUT2D eigenvalue weighted by molar-refractivity contribution is 0.474. The molecule has 0 amide bonds. The summed E-state index contributed by atoms with van der Waals surface area (Å²) in [7, 11) is 0. The van der Waals surface area contributed by atoms with Gasteiger partial charge in [-0.1, -0.05) is 18.1 Å². The largest absolute Gasteiger partial charge is 0.508 e. The summed E-state index contributed by atoms with van der Waals surface area (Å²) in [5.41, 5.74) is 3.93. The Labute approximate surface area is 138 Å². The Bertz CT molecular complexity index is 1130. The minimum Gasteiger partial charge on any atom is -0.508 e. The summed E-state index contributed by atoms with van der Waals surface area (Å²) in [4.78, 5) is 11.7. The Hall–Kier alpha value is -3.51. The second-order valence-electron chi connectivity index (χ2n) is 5.54. The molecular formula is C21H12O3. The Balaban J connectivity index is 2.14. The van der Waals surface area contributed by atoms with Crippen LogP contribution in [0.3, 0.4) is 0 Å². The quantitative estimate of drug-likeness (QED) is 0.422. The number of hydrogen-bond acceptors (Lipinski definition) is 3. The molecule has 3 heteroatoms. The van der Waals surface area contributed by atoms with E-state index < -0.39 is 0 Å². The first-order chi connectivity index (χ1) is 11.7. The zero-order valence-electron chi connectivity index (χ0n) is 12.6. The van der Waals surface area contributed by atoms with Gasteiger partial charge in [-0.3, -0.25) is 4.79 Å². The van der Waals surface area contributed by atoms with Crippen molar-refractivity contribution >= 4 is 11.0 Å². The average molecular weight is 312 g/mol. The highest BCUT2D eigenvalue weighted by molar-refractivity contribution is 6.02. The number of fused-ring (bicyclic) bond motifs is 2. The first-order valence-corrected chi connectivity index (χ1v) is 7.42. The van der Waals surface area contributed by atoms with Gasteiger partial charge in [0.1, 0.15) is 17.1 Å². The second kappa shape index (κ2) is 5.29. The molecule has 1 aliphatic carbocycles. The molecule has 3 nitrogen and oxygen atoms in total. The summed E-state index contributed by atoms with van der Waals surface area (Å²) in [5, 5.41) is 10.6. The molecule has 0 aromatic heterocycles. The topological polar surface area (TPSA) is 50.4 Å². The van der Waals surface area contributed by atoms with Gasteiger partial charge < -0.3 is 9.52 Å². The van der Waals surface area contributed by atoms with E-state index >= 15 is 0 Å². The minimum atomic E-state index is -0.126. The standard InChI is InChI=1S/C21H12O3/c1-2-13-3-5-14(6-4-13)21-17-9-7-15(22)11-19(17)24-20-12-16(23)8-10-18(20)21/h1,3-12,22H. The molecule has 0 atom stereocenters. The smallest absolute Gasteiger partial charge is 0.182 e. The monoisotopic (exact) mass is 312 g/mol. The minimum absolute atomic E-state index is 0.109. The summed E-state index contributed by atoms with van der Waals surface area (Å²) in [6, 6.07) is 17.3. The molecule has 0 saturated carbocycles. The van der Waals surface area contributed by atoms with Crippen LogP contribution in [0, 0.1) is 12.3 Å². The predicted molar refractivity (Wildman–Crippen MR) is 94.1 cm³/mol. The lowest BCUT2D eigenvalue weighted by Crippen LogP contribution is -1.99. The molecule has 0 spiro atoms. The van der Waals surface area contributed by atoms with Gasteiger partial charge in [0, 0.05) is 34.2 Å². The molecule has 0 saturated heterocycles. The fraction of sp³-hybridized carbons (Fsp3) is 0. The molecule has 0 radical (unpaired) electrons. The van der Waals surface area contributed by atoms with Crippen molar-refractivity contribution in [3.05, 3.63) is 76.5 Å². The zero-order valence-corrected chi connectivity index (χ0v) is 12.6. The lowest BCUT2D eigenvalue weighted by atomic mass is 9.93. The molecule has 0 fully saturated rings. The van der Waals surface area contributed by atoms with E-state index in [0.29, 0.717) is 11.3 Å². The number of terminal acetylenes is 1. The van der Waals surface area contributed by atoms with Crippen LogP contribution in [0.4, 0.5) is 0 Å². The van der Waals surface area contributed by atoms with E-state index in [1.54, 1.807) is 18.2 Å². The maximum absolute atomic E-state index is 11.7. The predicted octanol–water partition coefficient (Wildman–Crippen LogP) is 4.25. The molecule has 24 heavy (non-hydrogen) atoms. The van der Waals surface area contributed by atoms with Crippen molar-refractivity contribution in [3.63, 3.8) is 0 Å². The number of phenols is 1. The lowest BCUT2D eigenvalue weighted by Gasteiger charge is -2.15. The Kier molecular flexibility index (Phi) is 3.11. The SMILES string of the molecule is C#Cc1ccc(-c2c3ccc(=O)cc-3oc3cc(O)ccc23)cc1. The van der Waals surface area contributed by atoms with E-state index in [4.69, 9.17) is 10.8 Å². The van der Waals surface area contributed by atoms with Crippen LogP contribution in [-0.4, -0.2) is 5.11 Å². The maximum atomic E-state index is 11.7. The summed E-state index contributed by atoms with van der Waals surface area (Å²) in [5.74, 6) is 3.19. The third-order valence-corrected chi connectivity index (χ3v) is 4.02. The molecule has 2 aromatic carbocycles. The molecule has 1 aliphatic heterocycles. The number of benzene rings is 3. The average Bonchev–Trinajstić information content (AvgIpc) is 2.59. The van der Waals surface area contributed by atoms with Gasteiger partial charge in [-0.25, -0.2) is 0 Å². The van der Waals surface area contributed by atoms with E-state index in [1.165, 1.54) is 12.1 Å². The van der Waals surface area contributed by atoms with Crippen LogP contribution in [-0.2, 0) is 0 Å². The van der Waals surface area contributed by atoms with Crippen LogP contribution in [0.5, 0.6) is 5.75 Å². The maximum Gasteiger partial charge on any atom is 0.182 e. The molecule has 1 heterocycles. The van der Waals surface area contributed by atoms with E-state index in [1.807, 2.05) is 30.3 Å². The molecule has 2 aromatic rings. The van der Waals surface area contributed by atoms with Crippen molar-refractivity contribution in [2.24, 2.45) is 0 Å². The molecule has 4 rings (SSSR count). The summed E-state index contributed by atoms with van der Waals surface area (Å²) in [6.07, 6.45) is 5.43. The number of hydrogen-bond donors (Lipinski definition) is 1. The highest BCUT2D eigenvalue weighted by atomic mass is 16.3. The molecule has 2 aliphatic rings. The van der Waals surface area contributed by atoms with Crippen molar-refractivity contribution in [3.8, 4) is 40.5 Å². The van der Waals surface area contributed by atoms with Crippen molar-refractivity contribution in [2.75, 3.05) is 0 Å². The summed E-state index contributed by atoms with van der Waals surface area (Å²) in [6.45, 7) is 0. The van der Waals surface area contributed by atoms with Crippen molar-refractivity contribution in [1.82, 2.24) is 0 Å². The van der Waals surface area contributed by atoms with Crippen LogP contribution in [0.2, 0.25) is 0 Å². The number of aromatic hydroxyl groups is 1. The van der Waals surface area contributed by atoms with Crippen LogP contribution in [0.15, 0.2) is 69.9 Å². The first-order valence-electron chi connectivity index (χ1n) is 7.42. The third-order valence-electron chi connectivity index (χ3n) is 4.02. The highest BCUT2D eigenvalue weighted by Gasteiger charge is 2.17. The number of rotatable bonds is 1. The van der Waals surface area contributed by atoms with Crippen molar-refractivity contribution in [1.29, 1.82) is 0 Å². The summed E-state index contributed by atoms with van der Waals surface area (Å²) >= 11 is 0. The fourth-order valence-electron chi connectivity index (χ4n) is 2.90. The van der Waals surface area contributed by atoms with Crippen molar-refractivity contribution < 1.29 is 9.52 Å². The summed E-state index contributed by atoms with van der Waals surface area (Å²) < 4.78 is 5.82. The van der Waals surface area contributed by atoms with Crippen LogP contribution < -0.4 is 5.43 Å². The Morgan fingerprint density at radius 2 is 1.75 bits per heavy atom. The van der Waals surface area contributed by atoms with Gasteiger partial charge in [0.2, 0.25) is 0 Å². The molecular weight excluding hydrogens is 300 g/mol. The van der Waals surface area contributed by atoms with Gasteiger partial charge in [-0.05, 0) is 42.0 Å². The molecule has 114 valence electrons. The fourth-order valence-corrected chi connectivity index (χ4v) is 2.90. The molecule has 1 N–H and O–H groups in total. The van der Waals surface area contributed by atoms with E-state index in [9.17, 15) is 9.90 Å². The van der Waals surface area contributed by atoms with E-state index in [2.05, 4.69) is 5.92 Å². The normalized spacial score (nSPS) is 10.8. The van der Waals surface area contributed by atoms with Crippen LogP contribution in [0.25, 0.3) is 33.4 Å². The zero-order chi connectivity index (χ0) is 16.7. The van der Waals surface area contributed by atoms with Gasteiger partial charge >= 0.3 is 0 Å². The Morgan fingerprint density at radius 1 is 0.958 bits per heavy atom. The van der Waals surface area contributed by atoms with Crippen molar-refractivity contribution in [2.45, 2.75) is 0 Å². The molecule has 0 bridgehead atoms. The van der Waals surface area contributed by atoms with Gasteiger partial charge in [0.15, 0.2) is 5.43 Å². The van der Waals surface area contributed by atoms with E-state index in [0.717, 1.165) is 27.6 Å². The second-order valence-corrected chi connectivity index (χ2v) is 5.54. The van der Waals surface area contributed by atoms with Crippen LogP contribution in [0.1, 0.15) is 5.56 Å².